The van der Waals surface area contributed by atoms with E-state index in [4.69, 9.17) is 14.5 Å². The lowest BCUT2D eigenvalue weighted by Crippen LogP contribution is -2.19. The summed E-state index contributed by atoms with van der Waals surface area (Å²) < 4.78 is 26.5. The van der Waals surface area contributed by atoms with Gasteiger partial charge in [-0.3, -0.25) is 10.1 Å². The van der Waals surface area contributed by atoms with Crippen molar-refractivity contribution in [1.82, 2.24) is 34.9 Å². The molecule has 0 amide bonds. The number of rotatable bonds is 11. The summed E-state index contributed by atoms with van der Waals surface area (Å²) in [5.41, 5.74) is 7.72. The number of H-pyrrole nitrogens is 2. The van der Waals surface area contributed by atoms with Gasteiger partial charge in [-0.05, 0) is 88.2 Å². The molecule has 6 aromatic rings. The number of likely N-dealkylation sites (N-methyl/N-ethyl adjacent to an activating group) is 2. The fourth-order valence-corrected chi connectivity index (χ4v) is 5.18. The molecule has 0 aliphatic rings. The second kappa shape index (κ2) is 12.4. The highest BCUT2D eigenvalue weighted by Crippen LogP contribution is 2.36. The molecule has 226 valence electrons. The molecule has 44 heavy (non-hydrogen) atoms. The number of aryl methyl sites for hydroxylation is 1. The van der Waals surface area contributed by atoms with Gasteiger partial charge in [0.1, 0.15) is 36.2 Å². The minimum atomic E-state index is -0.363. The Kier molecular flexibility index (Phi) is 8.28. The SMILES string of the molecule is Cc1cc2[nH]nc(-c3nc4c(-c5cc(F)cc(OCCN(C)C)c5)cccc4[nH]3)c2cc1-c1cncc(OCCN(C)C)c1. The van der Waals surface area contributed by atoms with Gasteiger partial charge in [0.2, 0.25) is 0 Å². The first-order valence-corrected chi connectivity index (χ1v) is 14.5. The predicted molar refractivity (Wildman–Crippen MR) is 173 cm³/mol. The fourth-order valence-electron chi connectivity index (χ4n) is 5.18. The highest BCUT2D eigenvalue weighted by Gasteiger charge is 2.18. The minimum Gasteiger partial charge on any atom is -0.492 e. The summed E-state index contributed by atoms with van der Waals surface area (Å²) in [6.45, 7) is 4.66. The molecule has 0 radical (unpaired) electrons. The zero-order valence-corrected chi connectivity index (χ0v) is 25.6. The van der Waals surface area contributed by atoms with Crippen LogP contribution < -0.4 is 9.47 Å². The molecule has 3 aromatic carbocycles. The second-order valence-corrected chi connectivity index (χ2v) is 11.5. The molecule has 0 aliphatic heterocycles. The number of hydrogen-bond donors (Lipinski definition) is 2. The van der Waals surface area contributed by atoms with E-state index in [1.54, 1.807) is 6.20 Å². The quantitative estimate of drug-likeness (QED) is 0.186. The lowest BCUT2D eigenvalue weighted by atomic mass is 9.99. The Morgan fingerprint density at radius 3 is 2.32 bits per heavy atom. The molecular formula is C34H36FN7O2. The van der Waals surface area contributed by atoms with Gasteiger partial charge in [-0.2, -0.15) is 5.10 Å². The van der Waals surface area contributed by atoms with Crippen molar-refractivity contribution in [3.8, 4) is 45.3 Å². The summed E-state index contributed by atoms with van der Waals surface area (Å²) in [5, 5.41) is 8.73. The van der Waals surface area contributed by atoms with Crippen LogP contribution in [0.4, 0.5) is 4.39 Å². The van der Waals surface area contributed by atoms with Crippen LogP contribution in [0.25, 0.3) is 55.7 Å². The molecule has 0 saturated carbocycles. The Bertz CT molecular complexity index is 1930. The topological polar surface area (TPSA) is 95.2 Å². The van der Waals surface area contributed by atoms with Crippen molar-refractivity contribution in [2.45, 2.75) is 6.92 Å². The van der Waals surface area contributed by atoms with Crippen molar-refractivity contribution in [3.05, 3.63) is 78.4 Å². The lowest BCUT2D eigenvalue weighted by molar-refractivity contribution is 0.260. The van der Waals surface area contributed by atoms with Gasteiger partial charge in [0.05, 0.1) is 22.7 Å². The maximum absolute atomic E-state index is 14.7. The number of pyridine rings is 1. The van der Waals surface area contributed by atoms with E-state index in [1.807, 2.05) is 69.6 Å². The normalized spacial score (nSPS) is 11.7. The van der Waals surface area contributed by atoms with Crippen molar-refractivity contribution >= 4 is 21.9 Å². The molecule has 0 saturated heterocycles. The Balaban J connectivity index is 1.35. The zero-order valence-electron chi connectivity index (χ0n) is 25.6. The number of para-hydroxylation sites is 1. The van der Waals surface area contributed by atoms with Gasteiger partial charge in [0.15, 0.2) is 5.82 Å². The molecule has 3 heterocycles. The third-order valence-electron chi connectivity index (χ3n) is 7.47. The van der Waals surface area contributed by atoms with Crippen LogP contribution in [0.5, 0.6) is 11.5 Å². The van der Waals surface area contributed by atoms with E-state index >= 15 is 0 Å². The summed E-state index contributed by atoms with van der Waals surface area (Å²) in [7, 11) is 7.98. The second-order valence-electron chi connectivity index (χ2n) is 11.5. The number of hydrogen-bond acceptors (Lipinski definition) is 7. The van der Waals surface area contributed by atoms with Gasteiger partial charge in [-0.15, -0.1) is 0 Å². The largest absolute Gasteiger partial charge is 0.492 e. The van der Waals surface area contributed by atoms with Crippen molar-refractivity contribution in [1.29, 1.82) is 0 Å². The average Bonchev–Trinajstić information content (AvgIpc) is 3.60. The van der Waals surface area contributed by atoms with E-state index in [0.29, 0.717) is 36.0 Å². The predicted octanol–water partition coefficient (Wildman–Crippen LogP) is 6.16. The Morgan fingerprint density at radius 1 is 0.795 bits per heavy atom. The smallest absolute Gasteiger partial charge is 0.159 e. The van der Waals surface area contributed by atoms with Crippen LogP contribution in [-0.4, -0.2) is 89.4 Å². The third kappa shape index (κ3) is 6.27. The zero-order chi connectivity index (χ0) is 30.8. The first-order chi connectivity index (χ1) is 21.2. The fraction of sp³-hybridized carbons (Fsp3) is 0.265. The Morgan fingerprint density at radius 2 is 1.55 bits per heavy atom. The molecule has 10 heteroatoms. The Hall–Kier alpha value is -4.80. The van der Waals surface area contributed by atoms with Crippen molar-refractivity contribution < 1.29 is 13.9 Å². The van der Waals surface area contributed by atoms with Crippen LogP contribution in [0.15, 0.2) is 67.0 Å². The molecule has 0 fully saturated rings. The summed E-state index contributed by atoms with van der Waals surface area (Å²) in [5.74, 6) is 1.46. The van der Waals surface area contributed by atoms with Crippen LogP contribution in [-0.2, 0) is 0 Å². The number of aromatic amines is 2. The first-order valence-electron chi connectivity index (χ1n) is 14.5. The molecular weight excluding hydrogens is 557 g/mol. The van der Waals surface area contributed by atoms with Crippen molar-refractivity contribution in [2.75, 3.05) is 54.5 Å². The van der Waals surface area contributed by atoms with Crippen LogP contribution >= 0.6 is 0 Å². The van der Waals surface area contributed by atoms with Gasteiger partial charge in [-0.1, -0.05) is 12.1 Å². The number of aromatic nitrogens is 5. The van der Waals surface area contributed by atoms with Gasteiger partial charge < -0.3 is 24.3 Å². The molecule has 0 atom stereocenters. The van der Waals surface area contributed by atoms with Crippen molar-refractivity contribution in [3.63, 3.8) is 0 Å². The number of nitrogens with one attached hydrogen (secondary N) is 2. The van der Waals surface area contributed by atoms with Gasteiger partial charge in [-0.25, -0.2) is 9.37 Å². The van der Waals surface area contributed by atoms with E-state index in [0.717, 1.165) is 63.0 Å². The van der Waals surface area contributed by atoms with E-state index in [-0.39, 0.29) is 5.82 Å². The Labute approximate surface area is 255 Å². The number of nitrogens with zero attached hydrogens (tertiary/aromatic N) is 5. The van der Waals surface area contributed by atoms with Crippen LogP contribution in [0.3, 0.4) is 0 Å². The van der Waals surface area contributed by atoms with Gasteiger partial charge >= 0.3 is 0 Å². The molecule has 3 aromatic heterocycles. The third-order valence-corrected chi connectivity index (χ3v) is 7.47. The molecule has 2 N–H and O–H groups in total. The highest BCUT2D eigenvalue weighted by molar-refractivity contribution is 5.99. The highest BCUT2D eigenvalue weighted by atomic mass is 19.1. The average molecular weight is 594 g/mol. The number of halogens is 1. The van der Waals surface area contributed by atoms with Crippen LogP contribution in [0.1, 0.15) is 5.56 Å². The van der Waals surface area contributed by atoms with E-state index in [2.05, 4.69) is 44.1 Å². The van der Waals surface area contributed by atoms with E-state index in [1.165, 1.54) is 12.1 Å². The summed E-state index contributed by atoms with van der Waals surface area (Å²) in [6.07, 6.45) is 3.58. The molecule has 9 nitrogen and oxygen atoms in total. The molecule has 0 bridgehead atoms. The number of benzene rings is 3. The van der Waals surface area contributed by atoms with Crippen LogP contribution in [0, 0.1) is 12.7 Å². The molecule has 0 aliphatic carbocycles. The maximum Gasteiger partial charge on any atom is 0.159 e. The van der Waals surface area contributed by atoms with Gasteiger partial charge in [0, 0.05) is 41.9 Å². The number of ether oxygens (including phenoxy) is 2. The summed E-state index contributed by atoms with van der Waals surface area (Å²) >= 11 is 0. The summed E-state index contributed by atoms with van der Waals surface area (Å²) in [4.78, 5) is 16.9. The van der Waals surface area contributed by atoms with Crippen LogP contribution in [0.2, 0.25) is 0 Å². The number of imidazole rings is 1. The van der Waals surface area contributed by atoms with Gasteiger partial charge in [0.25, 0.3) is 0 Å². The maximum atomic E-state index is 14.7. The number of fused-ring (bicyclic) bond motifs is 2. The summed E-state index contributed by atoms with van der Waals surface area (Å²) in [6, 6.07) is 16.8. The van der Waals surface area contributed by atoms with E-state index in [9.17, 15) is 4.39 Å². The monoisotopic (exact) mass is 593 g/mol. The lowest BCUT2D eigenvalue weighted by Gasteiger charge is -2.12. The molecule has 0 unspecified atom stereocenters. The first kappa shape index (κ1) is 29.3. The minimum absolute atomic E-state index is 0.363. The van der Waals surface area contributed by atoms with E-state index < -0.39 is 0 Å². The molecule has 0 spiro atoms. The standard InChI is InChI=1S/C34H36FN7O2/c1-21-13-31-29(18-28(21)23-16-26(20-36-19-23)44-12-10-42(4)5)33(40-39-31)34-37-30-8-6-7-27(32(30)38-34)22-14-24(35)17-25(15-22)43-11-9-41(2)3/h6-8,13-20H,9-12H2,1-5H3,(H,37,38)(H,39,40). The molecule has 6 rings (SSSR count). The van der Waals surface area contributed by atoms with Crippen molar-refractivity contribution in [2.24, 2.45) is 0 Å².